The molecule has 0 aromatic heterocycles. The molecule has 4 atom stereocenters. The predicted octanol–water partition coefficient (Wildman–Crippen LogP) is 2.82. The van der Waals surface area contributed by atoms with Gasteiger partial charge in [-0.05, 0) is 42.7 Å². The molecule has 0 bridgehead atoms. The molecule has 2 fully saturated rings. The van der Waals surface area contributed by atoms with Crippen LogP contribution in [0.3, 0.4) is 0 Å². The first-order valence-corrected chi connectivity index (χ1v) is 8.43. The second-order valence-corrected chi connectivity index (χ2v) is 7.27. The summed E-state index contributed by atoms with van der Waals surface area (Å²) in [4.78, 5) is 15.1. The minimum atomic E-state index is -0.177. The highest BCUT2D eigenvalue weighted by atomic mass is 16.2. The number of hydrogen-bond acceptors (Lipinski definition) is 2. The van der Waals surface area contributed by atoms with E-state index in [-0.39, 0.29) is 11.5 Å². The van der Waals surface area contributed by atoms with E-state index in [1.54, 1.807) is 0 Å². The third-order valence-corrected chi connectivity index (χ3v) is 6.23. The van der Waals surface area contributed by atoms with Crippen LogP contribution in [0.15, 0.2) is 36.4 Å². The fourth-order valence-corrected chi connectivity index (χ4v) is 4.90. The van der Waals surface area contributed by atoms with Crippen LogP contribution in [0.2, 0.25) is 0 Å². The van der Waals surface area contributed by atoms with Crippen LogP contribution in [0, 0.1) is 11.3 Å². The molecule has 1 spiro atoms. The molecule has 3 unspecified atom stereocenters. The largest absolute Gasteiger partial charge is 0.335 e. The highest BCUT2D eigenvalue weighted by Crippen LogP contribution is 2.54. The van der Waals surface area contributed by atoms with Gasteiger partial charge >= 0.3 is 0 Å². The molecule has 1 saturated heterocycles. The fourth-order valence-electron chi connectivity index (χ4n) is 4.90. The average Bonchev–Trinajstić information content (AvgIpc) is 3.04. The summed E-state index contributed by atoms with van der Waals surface area (Å²) in [7, 11) is 0. The molecular weight excluding hydrogens is 272 g/mol. The Morgan fingerprint density at radius 3 is 2.73 bits per heavy atom. The molecule has 22 heavy (non-hydrogen) atoms. The van der Waals surface area contributed by atoms with Gasteiger partial charge in [0.05, 0.1) is 5.41 Å². The lowest BCUT2D eigenvalue weighted by Crippen LogP contribution is -2.38. The van der Waals surface area contributed by atoms with Gasteiger partial charge in [0, 0.05) is 18.6 Å². The monoisotopic (exact) mass is 296 g/mol. The van der Waals surface area contributed by atoms with Gasteiger partial charge in [0.25, 0.3) is 0 Å². The van der Waals surface area contributed by atoms with Crippen molar-refractivity contribution in [2.75, 3.05) is 6.54 Å². The minimum absolute atomic E-state index is 0.177. The van der Waals surface area contributed by atoms with E-state index in [9.17, 15) is 4.79 Å². The molecule has 1 aromatic rings. The summed E-state index contributed by atoms with van der Waals surface area (Å²) in [6.45, 7) is 3.03. The zero-order valence-corrected chi connectivity index (χ0v) is 13.2. The molecule has 1 amide bonds. The van der Waals surface area contributed by atoms with E-state index in [4.69, 9.17) is 5.73 Å². The molecule has 2 aliphatic heterocycles. The smallest absolute Gasteiger partial charge is 0.229 e. The van der Waals surface area contributed by atoms with Gasteiger partial charge in [0.2, 0.25) is 5.91 Å². The highest BCUT2D eigenvalue weighted by Gasteiger charge is 2.59. The standard InChI is InChI=1S/C19H24N2O/c1-13-17-11-15(14-5-3-2-4-6-14)8-10-21(17)18(22)19(13)9-7-16(20)12-19/h2-6,8,13,16-17H,7,9-12,20H2,1H3/t13?,16?,17?,19-/m0/s1. The maximum Gasteiger partial charge on any atom is 0.229 e. The number of rotatable bonds is 1. The Morgan fingerprint density at radius 2 is 2.05 bits per heavy atom. The van der Waals surface area contributed by atoms with E-state index in [2.05, 4.69) is 48.2 Å². The molecule has 2 N–H and O–H groups in total. The van der Waals surface area contributed by atoms with Crippen molar-refractivity contribution in [1.82, 2.24) is 4.90 Å². The highest BCUT2D eigenvalue weighted by molar-refractivity contribution is 5.88. The zero-order chi connectivity index (χ0) is 15.3. The molecule has 3 aliphatic rings. The van der Waals surface area contributed by atoms with Gasteiger partial charge < -0.3 is 10.6 Å². The minimum Gasteiger partial charge on any atom is -0.335 e. The third-order valence-electron chi connectivity index (χ3n) is 6.23. The molecule has 3 heteroatoms. The zero-order valence-electron chi connectivity index (χ0n) is 13.2. The number of hydrogen-bond donors (Lipinski definition) is 1. The molecule has 116 valence electrons. The van der Waals surface area contributed by atoms with Crippen molar-refractivity contribution in [2.24, 2.45) is 17.1 Å². The molecule has 0 radical (unpaired) electrons. The molecule has 3 nitrogen and oxygen atoms in total. The van der Waals surface area contributed by atoms with E-state index in [1.165, 1.54) is 11.1 Å². The van der Waals surface area contributed by atoms with Crippen molar-refractivity contribution in [3.05, 3.63) is 42.0 Å². The normalized spacial score (nSPS) is 37.5. The van der Waals surface area contributed by atoms with Gasteiger partial charge in [0.1, 0.15) is 0 Å². The van der Waals surface area contributed by atoms with Gasteiger partial charge in [-0.25, -0.2) is 0 Å². The lowest BCUT2D eigenvalue weighted by Gasteiger charge is -2.32. The van der Waals surface area contributed by atoms with Crippen LogP contribution in [-0.2, 0) is 4.79 Å². The van der Waals surface area contributed by atoms with Crippen LogP contribution < -0.4 is 5.73 Å². The summed E-state index contributed by atoms with van der Waals surface area (Å²) in [6.07, 6.45) is 6.07. The number of carbonyl (C=O) groups excluding carboxylic acids is 1. The Morgan fingerprint density at radius 1 is 1.27 bits per heavy atom. The van der Waals surface area contributed by atoms with Crippen LogP contribution in [0.1, 0.15) is 38.2 Å². The lowest BCUT2D eigenvalue weighted by molar-refractivity contribution is -0.136. The van der Waals surface area contributed by atoms with Gasteiger partial charge in [0.15, 0.2) is 0 Å². The van der Waals surface area contributed by atoms with Crippen molar-refractivity contribution in [1.29, 1.82) is 0 Å². The first-order chi connectivity index (χ1) is 10.6. The van der Waals surface area contributed by atoms with Crippen molar-refractivity contribution in [3.63, 3.8) is 0 Å². The number of nitrogens with two attached hydrogens (primary N) is 1. The SMILES string of the molecule is CC1C2CC(c3ccccc3)=CCN2C(=O)[C@]12CCC(N)C2. The Hall–Kier alpha value is -1.61. The van der Waals surface area contributed by atoms with Gasteiger partial charge in [-0.1, -0.05) is 43.3 Å². The van der Waals surface area contributed by atoms with E-state index in [0.29, 0.717) is 17.9 Å². The van der Waals surface area contributed by atoms with Gasteiger partial charge in [-0.2, -0.15) is 0 Å². The topological polar surface area (TPSA) is 46.3 Å². The number of amides is 1. The average molecular weight is 296 g/mol. The second kappa shape index (κ2) is 4.95. The molecule has 4 rings (SSSR count). The van der Waals surface area contributed by atoms with Gasteiger partial charge in [-0.15, -0.1) is 0 Å². The predicted molar refractivity (Wildman–Crippen MR) is 88.0 cm³/mol. The summed E-state index contributed by atoms with van der Waals surface area (Å²) >= 11 is 0. The number of benzene rings is 1. The Labute approximate surface area is 132 Å². The molecule has 1 aromatic carbocycles. The Balaban J connectivity index is 1.63. The first kappa shape index (κ1) is 14.0. The molecule has 1 aliphatic carbocycles. The first-order valence-electron chi connectivity index (χ1n) is 8.43. The Bertz CT molecular complexity index is 624. The second-order valence-electron chi connectivity index (χ2n) is 7.27. The van der Waals surface area contributed by atoms with Crippen molar-refractivity contribution in [3.8, 4) is 0 Å². The maximum atomic E-state index is 13.0. The van der Waals surface area contributed by atoms with Crippen LogP contribution >= 0.6 is 0 Å². The van der Waals surface area contributed by atoms with E-state index < -0.39 is 0 Å². The summed E-state index contributed by atoms with van der Waals surface area (Å²) < 4.78 is 0. The number of nitrogens with zero attached hydrogens (tertiary/aromatic N) is 1. The molecular formula is C19H24N2O. The van der Waals surface area contributed by atoms with Crippen LogP contribution in [0.5, 0.6) is 0 Å². The van der Waals surface area contributed by atoms with Crippen LogP contribution in [-0.4, -0.2) is 29.4 Å². The lowest BCUT2D eigenvalue weighted by atomic mass is 9.73. The van der Waals surface area contributed by atoms with Crippen LogP contribution in [0.4, 0.5) is 0 Å². The summed E-state index contributed by atoms with van der Waals surface area (Å²) in [5, 5.41) is 0. The van der Waals surface area contributed by atoms with Crippen molar-refractivity contribution in [2.45, 2.75) is 44.7 Å². The maximum absolute atomic E-state index is 13.0. The van der Waals surface area contributed by atoms with Crippen molar-refractivity contribution >= 4 is 11.5 Å². The van der Waals surface area contributed by atoms with E-state index in [0.717, 1.165) is 32.2 Å². The van der Waals surface area contributed by atoms with Gasteiger partial charge in [-0.3, -0.25) is 4.79 Å². The van der Waals surface area contributed by atoms with E-state index in [1.807, 2.05) is 0 Å². The molecule has 1 saturated carbocycles. The summed E-state index contributed by atoms with van der Waals surface area (Å²) in [5.74, 6) is 0.766. The number of fused-ring (bicyclic) bond motifs is 1. The third kappa shape index (κ3) is 1.88. The molecule has 2 heterocycles. The fraction of sp³-hybridized carbons (Fsp3) is 0.526. The summed E-state index contributed by atoms with van der Waals surface area (Å²) in [6, 6.07) is 11.1. The quantitative estimate of drug-likeness (QED) is 0.866. The Kier molecular flexibility index (Phi) is 3.15. The number of carbonyl (C=O) groups is 1. The van der Waals surface area contributed by atoms with Crippen LogP contribution in [0.25, 0.3) is 5.57 Å². The van der Waals surface area contributed by atoms with E-state index >= 15 is 0 Å². The van der Waals surface area contributed by atoms with Crippen molar-refractivity contribution < 1.29 is 4.79 Å². The summed E-state index contributed by atoms with van der Waals surface area (Å²) in [5.41, 5.74) is 8.65.